The molecule has 0 aromatic carbocycles. The lowest BCUT2D eigenvalue weighted by Gasteiger charge is -2.58. The van der Waals surface area contributed by atoms with E-state index in [0.29, 0.717) is 12.3 Å². The van der Waals surface area contributed by atoms with Crippen LogP contribution >= 0.6 is 0 Å². The molecule has 4 rings (SSSR count). The Hall–Kier alpha value is -0.510. The van der Waals surface area contributed by atoms with Crippen molar-refractivity contribution in [3.63, 3.8) is 0 Å². The molecule has 4 aliphatic rings. The van der Waals surface area contributed by atoms with Crippen molar-refractivity contribution in [3.8, 4) is 0 Å². The number of halogens is 2. The summed E-state index contributed by atoms with van der Waals surface area (Å²) in [4.78, 5) is 12.1. The summed E-state index contributed by atoms with van der Waals surface area (Å²) in [5, 5.41) is 10.4. The number of hydrogen-bond donors (Lipinski definition) is 1. The molecule has 142 valence electrons. The number of carbonyl (C=O) groups excluding carboxylic acids is 1. The van der Waals surface area contributed by atoms with Crippen LogP contribution in [0.3, 0.4) is 0 Å². The SMILES string of the molecule is CC(=O)[C@H]1CC[C@H]2[C@@H]3CC(F)(F)[C@H]4C[C@](C)(O)CC[C@@H]4[C@H]3CC[C@]12C. The van der Waals surface area contributed by atoms with Crippen molar-refractivity contribution in [1.29, 1.82) is 0 Å². The van der Waals surface area contributed by atoms with Gasteiger partial charge in [0.15, 0.2) is 0 Å². The molecule has 0 bridgehead atoms. The maximum absolute atomic E-state index is 15.1. The molecule has 0 radical (unpaired) electrons. The van der Waals surface area contributed by atoms with Gasteiger partial charge >= 0.3 is 0 Å². The smallest absolute Gasteiger partial charge is 0.251 e. The largest absolute Gasteiger partial charge is 0.390 e. The average Bonchev–Trinajstić information content (AvgIpc) is 2.84. The lowest BCUT2D eigenvalue weighted by Crippen LogP contribution is -2.57. The van der Waals surface area contributed by atoms with Crippen molar-refractivity contribution < 1.29 is 18.7 Å². The second-order valence-corrected chi connectivity index (χ2v) is 10.2. The monoisotopic (exact) mass is 354 g/mol. The van der Waals surface area contributed by atoms with E-state index in [-0.39, 0.29) is 47.7 Å². The molecule has 0 heterocycles. The van der Waals surface area contributed by atoms with E-state index in [9.17, 15) is 9.90 Å². The molecule has 8 atom stereocenters. The van der Waals surface area contributed by atoms with Crippen LogP contribution in [0.4, 0.5) is 8.78 Å². The van der Waals surface area contributed by atoms with Crippen molar-refractivity contribution in [2.24, 2.45) is 40.9 Å². The van der Waals surface area contributed by atoms with E-state index < -0.39 is 17.4 Å². The third kappa shape index (κ3) is 2.61. The minimum atomic E-state index is -2.68. The number of hydrogen-bond acceptors (Lipinski definition) is 2. The third-order valence-electron chi connectivity index (χ3n) is 8.78. The van der Waals surface area contributed by atoms with Gasteiger partial charge in [-0.2, -0.15) is 0 Å². The predicted octanol–water partition coefficient (Wildman–Crippen LogP) is 4.84. The van der Waals surface area contributed by atoms with E-state index in [2.05, 4.69) is 6.92 Å². The van der Waals surface area contributed by atoms with Gasteiger partial charge in [-0.05, 0) is 87.9 Å². The van der Waals surface area contributed by atoms with Crippen molar-refractivity contribution in [2.75, 3.05) is 0 Å². The van der Waals surface area contributed by atoms with E-state index in [1.54, 1.807) is 13.8 Å². The summed E-state index contributed by atoms with van der Waals surface area (Å²) in [6, 6.07) is 0. The fourth-order valence-corrected chi connectivity index (χ4v) is 7.66. The molecule has 1 N–H and O–H groups in total. The quantitative estimate of drug-likeness (QED) is 0.731. The van der Waals surface area contributed by atoms with Crippen molar-refractivity contribution in [3.05, 3.63) is 0 Å². The molecule has 4 aliphatic carbocycles. The van der Waals surface area contributed by atoms with Crippen LogP contribution in [-0.4, -0.2) is 22.4 Å². The van der Waals surface area contributed by atoms with E-state index in [1.165, 1.54) is 0 Å². The second kappa shape index (κ2) is 5.50. The second-order valence-electron chi connectivity index (χ2n) is 10.2. The zero-order valence-electron chi connectivity index (χ0n) is 15.7. The van der Waals surface area contributed by atoms with Crippen LogP contribution < -0.4 is 0 Å². The maximum Gasteiger partial charge on any atom is 0.251 e. The predicted molar refractivity (Wildman–Crippen MR) is 92.2 cm³/mol. The van der Waals surface area contributed by atoms with Crippen LogP contribution in [0.1, 0.15) is 72.1 Å². The van der Waals surface area contributed by atoms with E-state index in [1.807, 2.05) is 0 Å². The van der Waals surface area contributed by atoms with Crippen LogP contribution in [0, 0.1) is 40.9 Å². The normalized spacial score (nSPS) is 54.3. The summed E-state index contributed by atoms with van der Waals surface area (Å²) in [5.74, 6) is -2.28. The van der Waals surface area contributed by atoms with Crippen molar-refractivity contribution >= 4 is 5.78 Å². The van der Waals surface area contributed by atoms with Crippen LogP contribution in [0.2, 0.25) is 0 Å². The molecule has 0 spiro atoms. The highest BCUT2D eigenvalue weighted by Gasteiger charge is 2.64. The summed E-state index contributed by atoms with van der Waals surface area (Å²) < 4.78 is 30.2. The summed E-state index contributed by atoms with van der Waals surface area (Å²) in [7, 11) is 0. The van der Waals surface area contributed by atoms with Gasteiger partial charge in [-0.3, -0.25) is 4.79 Å². The molecule has 2 nitrogen and oxygen atoms in total. The molecule has 4 fully saturated rings. The average molecular weight is 354 g/mol. The number of alkyl halides is 2. The van der Waals surface area contributed by atoms with Gasteiger partial charge < -0.3 is 5.11 Å². The number of ketones is 1. The maximum atomic E-state index is 15.1. The molecule has 0 saturated heterocycles. The summed E-state index contributed by atoms with van der Waals surface area (Å²) in [5.41, 5.74) is -1.01. The molecule has 4 saturated carbocycles. The first kappa shape index (κ1) is 17.9. The minimum absolute atomic E-state index is 0.0280. The van der Waals surface area contributed by atoms with E-state index in [0.717, 1.165) is 32.1 Å². The van der Waals surface area contributed by atoms with E-state index >= 15 is 8.78 Å². The molecule has 0 aromatic heterocycles. The number of aliphatic hydroxyl groups is 1. The number of fused-ring (bicyclic) bond motifs is 5. The summed E-state index contributed by atoms with van der Waals surface area (Å²) >= 11 is 0. The summed E-state index contributed by atoms with van der Waals surface area (Å²) in [6.07, 6.45) is 5.40. The fourth-order valence-electron chi connectivity index (χ4n) is 7.66. The highest BCUT2D eigenvalue weighted by atomic mass is 19.3. The Bertz CT molecular complexity index is 572. The van der Waals surface area contributed by atoms with E-state index in [4.69, 9.17) is 0 Å². The number of Topliss-reactive ketones (excluding diaryl/α,β-unsaturated/α-hetero) is 1. The zero-order chi connectivity index (χ0) is 18.2. The first-order chi connectivity index (χ1) is 11.6. The van der Waals surface area contributed by atoms with Gasteiger partial charge in [0.1, 0.15) is 5.78 Å². The van der Waals surface area contributed by atoms with Crippen molar-refractivity contribution in [1.82, 2.24) is 0 Å². The van der Waals surface area contributed by atoms with Gasteiger partial charge in [0.2, 0.25) is 0 Å². The van der Waals surface area contributed by atoms with Crippen LogP contribution in [0.5, 0.6) is 0 Å². The van der Waals surface area contributed by atoms with Gasteiger partial charge in [0.05, 0.1) is 5.60 Å². The summed E-state index contributed by atoms with van der Waals surface area (Å²) in [6.45, 7) is 5.60. The topological polar surface area (TPSA) is 37.3 Å². The Balaban J connectivity index is 1.64. The molecule has 0 amide bonds. The lowest BCUT2D eigenvalue weighted by molar-refractivity contribution is -0.210. The van der Waals surface area contributed by atoms with Gasteiger partial charge in [0, 0.05) is 18.3 Å². The molecular formula is C21H32F2O2. The minimum Gasteiger partial charge on any atom is -0.390 e. The van der Waals surface area contributed by atoms with Gasteiger partial charge in [0.25, 0.3) is 5.92 Å². The molecule has 0 aliphatic heterocycles. The Morgan fingerprint density at radius 1 is 0.920 bits per heavy atom. The Labute approximate surface area is 149 Å². The highest BCUT2D eigenvalue weighted by molar-refractivity contribution is 5.79. The van der Waals surface area contributed by atoms with Gasteiger partial charge in [-0.25, -0.2) is 8.78 Å². The zero-order valence-corrected chi connectivity index (χ0v) is 15.7. The highest BCUT2D eigenvalue weighted by Crippen LogP contribution is 2.66. The molecular weight excluding hydrogens is 322 g/mol. The van der Waals surface area contributed by atoms with Gasteiger partial charge in [-0.1, -0.05) is 6.92 Å². The molecule has 0 unspecified atom stereocenters. The Morgan fingerprint density at radius 2 is 1.60 bits per heavy atom. The molecule has 4 heteroatoms. The Kier molecular flexibility index (Phi) is 3.93. The standard InChI is InChI=1S/C21H32F2O2/c1-12(24)16-4-5-17-15-10-21(22,23)18-11-19(2,25)8-6-14(18)13(15)7-9-20(16,17)3/h13-18,25H,4-11H2,1-3H3/t13-,14-,15-,16-,17+,18+,19-,20-/m1/s1. The number of carbonyl (C=O) groups is 1. The fraction of sp³-hybridized carbons (Fsp3) is 0.952. The molecule has 0 aromatic rings. The first-order valence-corrected chi connectivity index (χ1v) is 10.2. The van der Waals surface area contributed by atoms with Gasteiger partial charge in [-0.15, -0.1) is 0 Å². The molecule has 25 heavy (non-hydrogen) atoms. The van der Waals surface area contributed by atoms with Crippen LogP contribution in [-0.2, 0) is 4.79 Å². The Morgan fingerprint density at radius 3 is 2.28 bits per heavy atom. The first-order valence-electron chi connectivity index (χ1n) is 10.2. The van der Waals surface area contributed by atoms with Crippen LogP contribution in [0.15, 0.2) is 0 Å². The van der Waals surface area contributed by atoms with Crippen LogP contribution in [0.25, 0.3) is 0 Å². The lowest BCUT2D eigenvalue weighted by atomic mass is 9.48. The third-order valence-corrected chi connectivity index (χ3v) is 8.78. The number of rotatable bonds is 1. The van der Waals surface area contributed by atoms with Crippen molar-refractivity contribution in [2.45, 2.75) is 83.7 Å².